The molecule has 17 heavy (non-hydrogen) atoms. The molecule has 0 N–H and O–H groups in total. The van der Waals surface area contributed by atoms with Crippen molar-refractivity contribution >= 4 is 12.5 Å². The van der Waals surface area contributed by atoms with Gasteiger partial charge in [-0.3, -0.25) is 9.79 Å². The molecule has 1 aliphatic heterocycles. The van der Waals surface area contributed by atoms with Crippen LogP contribution in [0.1, 0.15) is 12.8 Å². The fourth-order valence-electron chi connectivity index (χ4n) is 1.62. The summed E-state index contributed by atoms with van der Waals surface area (Å²) in [6.07, 6.45) is 15.2. The van der Waals surface area contributed by atoms with E-state index in [9.17, 15) is 4.79 Å². The molecule has 88 valence electrons. The van der Waals surface area contributed by atoms with Crippen LogP contribution in [0.2, 0.25) is 0 Å². The lowest BCUT2D eigenvalue weighted by Crippen LogP contribution is -2.07. The van der Waals surface area contributed by atoms with E-state index in [-0.39, 0.29) is 6.04 Å². The van der Waals surface area contributed by atoms with E-state index in [2.05, 4.69) is 18.2 Å². The topological polar surface area (TPSA) is 29.4 Å². The van der Waals surface area contributed by atoms with E-state index >= 15 is 0 Å². The minimum Gasteiger partial charge on any atom is -0.298 e. The Morgan fingerprint density at radius 3 is 3.00 bits per heavy atom. The van der Waals surface area contributed by atoms with Crippen LogP contribution < -0.4 is 0 Å². The first kappa shape index (κ1) is 13.1. The predicted octanol–water partition coefficient (Wildman–Crippen LogP) is 3.20. The smallest absolute Gasteiger partial charge is 0.146 e. The highest BCUT2D eigenvalue weighted by Crippen LogP contribution is 2.17. The van der Waals surface area contributed by atoms with Crippen molar-refractivity contribution in [3.8, 4) is 0 Å². The summed E-state index contributed by atoms with van der Waals surface area (Å²) < 4.78 is 0. The highest BCUT2D eigenvalue weighted by atomic mass is 16.1. The van der Waals surface area contributed by atoms with Crippen LogP contribution in [0.4, 0.5) is 0 Å². The maximum Gasteiger partial charge on any atom is 0.146 e. The molecule has 0 aromatic heterocycles. The quantitative estimate of drug-likeness (QED) is 0.403. The zero-order valence-electron chi connectivity index (χ0n) is 9.88. The average molecular weight is 227 g/mol. The fraction of sp³-hybridized carbons (Fsp3) is 0.200. The lowest BCUT2D eigenvalue weighted by atomic mass is 9.99. The van der Waals surface area contributed by atoms with Gasteiger partial charge in [0.05, 0.1) is 6.04 Å². The Balaban J connectivity index is 3.05. The Morgan fingerprint density at radius 1 is 1.53 bits per heavy atom. The van der Waals surface area contributed by atoms with Gasteiger partial charge in [0.2, 0.25) is 0 Å². The fourth-order valence-corrected chi connectivity index (χ4v) is 1.62. The molecular weight excluding hydrogens is 210 g/mol. The van der Waals surface area contributed by atoms with Crippen LogP contribution in [0.15, 0.2) is 65.8 Å². The summed E-state index contributed by atoms with van der Waals surface area (Å²) in [5.74, 6) is 0. The molecule has 0 aromatic carbocycles. The van der Waals surface area contributed by atoms with Gasteiger partial charge >= 0.3 is 0 Å². The highest BCUT2D eigenvalue weighted by Gasteiger charge is 2.10. The van der Waals surface area contributed by atoms with Crippen molar-refractivity contribution < 1.29 is 4.79 Å². The third-order valence-corrected chi connectivity index (χ3v) is 2.44. The van der Waals surface area contributed by atoms with Crippen LogP contribution in [0, 0.1) is 0 Å². The van der Waals surface area contributed by atoms with Crippen LogP contribution in [0.5, 0.6) is 0 Å². The van der Waals surface area contributed by atoms with Crippen molar-refractivity contribution in [1.29, 1.82) is 0 Å². The van der Waals surface area contributed by atoms with E-state index in [0.29, 0.717) is 6.42 Å². The molecule has 1 rings (SSSR count). The number of carbonyl (C=O) groups is 1. The summed E-state index contributed by atoms with van der Waals surface area (Å²) in [7, 11) is 0. The summed E-state index contributed by atoms with van der Waals surface area (Å²) in [6, 6.07) is -0.101. The highest BCUT2D eigenvalue weighted by molar-refractivity contribution is 5.77. The molecule has 2 heteroatoms. The number of carbonyl (C=O) groups excluding carboxylic acids is 1. The van der Waals surface area contributed by atoms with Gasteiger partial charge in [0.15, 0.2) is 0 Å². The van der Waals surface area contributed by atoms with Gasteiger partial charge in [-0.05, 0) is 36.1 Å². The number of aldehydes is 1. The second-order valence-corrected chi connectivity index (χ2v) is 3.70. The maximum absolute atomic E-state index is 10.9. The molecule has 0 saturated heterocycles. The molecule has 2 nitrogen and oxygen atoms in total. The standard InChI is InChI=1S/C15H17NO/c1-3-7-14(8-4-2)15-11-13(12-17)9-5-6-10-16-15/h3-7,10-12,15H,1-2,8-9H2/b6-5-,13-11?,14-7+,16-10?. The van der Waals surface area contributed by atoms with E-state index in [0.717, 1.165) is 23.9 Å². The summed E-state index contributed by atoms with van der Waals surface area (Å²) in [4.78, 5) is 15.3. The zero-order valence-corrected chi connectivity index (χ0v) is 9.88. The van der Waals surface area contributed by atoms with Crippen molar-refractivity contribution in [2.24, 2.45) is 4.99 Å². The zero-order chi connectivity index (χ0) is 12.5. The second-order valence-electron chi connectivity index (χ2n) is 3.70. The van der Waals surface area contributed by atoms with Gasteiger partial charge in [0, 0.05) is 6.21 Å². The molecule has 0 spiro atoms. The van der Waals surface area contributed by atoms with Crippen LogP contribution in [-0.2, 0) is 4.79 Å². The molecule has 0 aromatic rings. The van der Waals surface area contributed by atoms with Crippen molar-refractivity contribution in [1.82, 2.24) is 0 Å². The average Bonchev–Trinajstić information content (AvgIpc) is 2.29. The molecule has 0 saturated carbocycles. The van der Waals surface area contributed by atoms with Crippen molar-refractivity contribution in [3.05, 3.63) is 60.8 Å². The summed E-state index contributed by atoms with van der Waals surface area (Å²) in [5.41, 5.74) is 1.84. The lowest BCUT2D eigenvalue weighted by Gasteiger charge is -2.13. The molecule has 1 unspecified atom stereocenters. The summed E-state index contributed by atoms with van der Waals surface area (Å²) >= 11 is 0. The number of aliphatic imine (C=N–C) groups is 1. The lowest BCUT2D eigenvalue weighted by molar-refractivity contribution is -0.105. The van der Waals surface area contributed by atoms with E-state index in [4.69, 9.17) is 0 Å². The first-order valence-corrected chi connectivity index (χ1v) is 5.58. The maximum atomic E-state index is 10.9. The van der Waals surface area contributed by atoms with Crippen LogP contribution in [0.25, 0.3) is 0 Å². The molecule has 1 atom stereocenters. The van der Waals surface area contributed by atoms with Crippen molar-refractivity contribution in [2.75, 3.05) is 0 Å². The number of allylic oxidation sites excluding steroid dienone is 6. The Labute approximate surface area is 102 Å². The first-order valence-electron chi connectivity index (χ1n) is 5.58. The second kappa shape index (κ2) is 7.34. The Kier molecular flexibility index (Phi) is 5.66. The van der Waals surface area contributed by atoms with Crippen LogP contribution in [0.3, 0.4) is 0 Å². The summed E-state index contributed by atoms with van der Waals surface area (Å²) in [5, 5.41) is 0. The van der Waals surface area contributed by atoms with Crippen LogP contribution in [-0.4, -0.2) is 18.5 Å². The van der Waals surface area contributed by atoms with Gasteiger partial charge in [-0.1, -0.05) is 30.9 Å². The molecule has 0 aliphatic carbocycles. The molecular formula is C15H17NO. The van der Waals surface area contributed by atoms with Crippen molar-refractivity contribution in [3.63, 3.8) is 0 Å². The monoisotopic (exact) mass is 227 g/mol. The van der Waals surface area contributed by atoms with Gasteiger partial charge < -0.3 is 0 Å². The third-order valence-electron chi connectivity index (χ3n) is 2.44. The predicted molar refractivity (Wildman–Crippen MR) is 73.3 cm³/mol. The molecule has 0 bridgehead atoms. The number of nitrogens with zero attached hydrogens (tertiary/aromatic N) is 1. The van der Waals surface area contributed by atoms with Crippen LogP contribution >= 0.6 is 0 Å². The summed E-state index contributed by atoms with van der Waals surface area (Å²) in [6.45, 7) is 7.42. The molecule has 0 radical (unpaired) electrons. The molecule has 0 fully saturated rings. The van der Waals surface area contributed by atoms with E-state index in [1.165, 1.54) is 0 Å². The molecule has 1 aliphatic rings. The van der Waals surface area contributed by atoms with Gasteiger partial charge in [-0.25, -0.2) is 0 Å². The largest absolute Gasteiger partial charge is 0.298 e. The van der Waals surface area contributed by atoms with E-state index in [1.54, 1.807) is 12.3 Å². The minimum absolute atomic E-state index is 0.101. The van der Waals surface area contributed by atoms with E-state index < -0.39 is 0 Å². The Bertz CT molecular complexity index is 411. The molecule has 1 heterocycles. The number of rotatable bonds is 5. The number of hydrogen-bond acceptors (Lipinski definition) is 2. The SMILES string of the molecule is C=C/C=C(\CC=C)C1C=C(C=O)C/C=C\C=N1. The van der Waals surface area contributed by atoms with Gasteiger partial charge in [0.25, 0.3) is 0 Å². The van der Waals surface area contributed by atoms with E-state index in [1.807, 2.05) is 30.4 Å². The van der Waals surface area contributed by atoms with Gasteiger partial charge in [-0.15, -0.1) is 6.58 Å². The van der Waals surface area contributed by atoms with Gasteiger partial charge in [-0.2, -0.15) is 0 Å². The Morgan fingerprint density at radius 2 is 2.35 bits per heavy atom. The molecule has 0 amide bonds. The minimum atomic E-state index is -0.101. The van der Waals surface area contributed by atoms with Crippen molar-refractivity contribution in [2.45, 2.75) is 18.9 Å². The van der Waals surface area contributed by atoms with Gasteiger partial charge in [0.1, 0.15) is 6.29 Å². The number of hydrogen-bond donors (Lipinski definition) is 0. The Hall–Kier alpha value is -1.96. The normalized spacial score (nSPS) is 22.0. The first-order chi connectivity index (χ1) is 8.31. The third kappa shape index (κ3) is 4.19.